The van der Waals surface area contributed by atoms with Crippen LogP contribution >= 0.6 is 0 Å². The van der Waals surface area contributed by atoms with Crippen LogP contribution in [0.2, 0.25) is 0 Å². The van der Waals surface area contributed by atoms with E-state index in [0.29, 0.717) is 5.82 Å². The Balaban J connectivity index is 1.81. The van der Waals surface area contributed by atoms with Crippen LogP contribution in [0.4, 0.5) is 5.82 Å². The molecule has 0 radical (unpaired) electrons. The molecule has 6 heteroatoms. The first-order valence-corrected chi connectivity index (χ1v) is 7.64. The lowest BCUT2D eigenvalue weighted by molar-refractivity contribution is -0.137. The van der Waals surface area contributed by atoms with Crippen LogP contribution in [0.3, 0.4) is 0 Å². The van der Waals surface area contributed by atoms with Gasteiger partial charge < -0.3 is 10.4 Å². The summed E-state index contributed by atoms with van der Waals surface area (Å²) in [6.45, 7) is 1.73. The van der Waals surface area contributed by atoms with Crippen molar-refractivity contribution in [1.29, 1.82) is 0 Å². The van der Waals surface area contributed by atoms with E-state index < -0.39 is 11.4 Å². The minimum atomic E-state index is -0.973. The minimum Gasteiger partial charge on any atom is -0.480 e. The fourth-order valence-corrected chi connectivity index (χ4v) is 3.19. The number of carboxylic acid groups (broad SMARTS) is 1. The topological polar surface area (TPSA) is 84.2 Å². The molecule has 1 unspecified atom stereocenters. The standard InChI is InChI=1S/C17H19N3O3/c1-17(9-4-6-12-5-2-3-7-13(12)17)16(23)18-14-8-10-20(19-14)11-15(21)22/h2-3,5,7-8,10H,4,6,9,11H2,1H3,(H,21,22)(H,18,19,23). The molecule has 1 aliphatic rings. The zero-order chi connectivity index (χ0) is 16.4. The largest absolute Gasteiger partial charge is 0.480 e. The Bertz CT molecular complexity index is 753. The average molecular weight is 313 g/mol. The van der Waals surface area contributed by atoms with Gasteiger partial charge in [0.05, 0.1) is 5.41 Å². The number of aromatic nitrogens is 2. The van der Waals surface area contributed by atoms with Gasteiger partial charge in [-0.1, -0.05) is 24.3 Å². The third-order valence-electron chi connectivity index (χ3n) is 4.42. The molecular weight excluding hydrogens is 294 g/mol. The summed E-state index contributed by atoms with van der Waals surface area (Å²) in [7, 11) is 0. The van der Waals surface area contributed by atoms with Gasteiger partial charge in [-0.15, -0.1) is 0 Å². The van der Waals surface area contributed by atoms with E-state index in [1.807, 2.05) is 25.1 Å². The van der Waals surface area contributed by atoms with Crippen molar-refractivity contribution in [3.8, 4) is 0 Å². The molecule has 2 aromatic rings. The molecule has 2 N–H and O–H groups in total. The zero-order valence-electron chi connectivity index (χ0n) is 13.0. The van der Waals surface area contributed by atoms with Gasteiger partial charge in [0, 0.05) is 12.3 Å². The maximum atomic E-state index is 12.8. The van der Waals surface area contributed by atoms with E-state index in [2.05, 4.69) is 16.5 Å². The SMILES string of the molecule is CC1(C(=O)Nc2ccn(CC(=O)O)n2)CCCc2ccccc21. The van der Waals surface area contributed by atoms with Crippen LogP contribution in [0.15, 0.2) is 36.5 Å². The Hall–Kier alpha value is -2.63. The molecule has 6 nitrogen and oxygen atoms in total. The van der Waals surface area contributed by atoms with Crippen molar-refractivity contribution < 1.29 is 14.7 Å². The number of amides is 1. The van der Waals surface area contributed by atoms with Gasteiger partial charge in [0.1, 0.15) is 6.54 Å². The number of hydrogen-bond donors (Lipinski definition) is 2. The van der Waals surface area contributed by atoms with Crippen LogP contribution in [-0.4, -0.2) is 26.8 Å². The molecule has 1 aromatic heterocycles. The first-order valence-electron chi connectivity index (χ1n) is 7.64. The maximum Gasteiger partial charge on any atom is 0.325 e. The molecule has 1 heterocycles. The number of aliphatic carboxylic acids is 1. The highest BCUT2D eigenvalue weighted by Crippen LogP contribution is 2.37. The Morgan fingerprint density at radius 1 is 1.35 bits per heavy atom. The van der Waals surface area contributed by atoms with Crippen molar-refractivity contribution in [2.45, 2.75) is 38.1 Å². The van der Waals surface area contributed by atoms with E-state index in [1.54, 1.807) is 12.3 Å². The molecular formula is C17H19N3O3. The molecule has 1 aromatic carbocycles. The quantitative estimate of drug-likeness (QED) is 0.906. The van der Waals surface area contributed by atoms with Crippen molar-refractivity contribution in [3.63, 3.8) is 0 Å². The molecule has 1 aliphatic carbocycles. The Morgan fingerprint density at radius 3 is 2.91 bits per heavy atom. The number of fused-ring (bicyclic) bond motifs is 1. The fourth-order valence-electron chi connectivity index (χ4n) is 3.19. The number of benzene rings is 1. The molecule has 0 bridgehead atoms. The molecule has 0 spiro atoms. The van der Waals surface area contributed by atoms with Crippen LogP contribution in [0.1, 0.15) is 30.9 Å². The number of rotatable bonds is 4. The molecule has 0 saturated heterocycles. The van der Waals surface area contributed by atoms with Crippen LogP contribution in [0.5, 0.6) is 0 Å². The average Bonchev–Trinajstić information content (AvgIpc) is 2.94. The van der Waals surface area contributed by atoms with E-state index in [1.165, 1.54) is 10.2 Å². The van der Waals surface area contributed by atoms with Crippen LogP contribution in [0, 0.1) is 0 Å². The summed E-state index contributed by atoms with van der Waals surface area (Å²) in [5.41, 5.74) is 1.69. The molecule has 23 heavy (non-hydrogen) atoms. The van der Waals surface area contributed by atoms with Crippen molar-refractivity contribution in [3.05, 3.63) is 47.7 Å². The van der Waals surface area contributed by atoms with Gasteiger partial charge in [-0.3, -0.25) is 14.3 Å². The normalized spacial score (nSPS) is 19.9. The molecule has 3 rings (SSSR count). The minimum absolute atomic E-state index is 0.106. The third kappa shape index (κ3) is 2.97. The van der Waals surface area contributed by atoms with E-state index in [0.717, 1.165) is 24.8 Å². The number of hydrogen-bond acceptors (Lipinski definition) is 3. The molecule has 120 valence electrons. The van der Waals surface area contributed by atoms with Crippen molar-refractivity contribution >= 4 is 17.7 Å². The highest BCUT2D eigenvalue weighted by molar-refractivity contribution is 5.98. The van der Waals surface area contributed by atoms with Crippen molar-refractivity contribution in [2.24, 2.45) is 0 Å². The summed E-state index contributed by atoms with van der Waals surface area (Å²) in [5, 5.41) is 15.7. The Labute approximate surface area is 134 Å². The smallest absolute Gasteiger partial charge is 0.325 e. The summed E-state index contributed by atoms with van der Waals surface area (Å²) in [4.78, 5) is 23.5. The van der Waals surface area contributed by atoms with Crippen molar-refractivity contribution in [1.82, 2.24) is 9.78 Å². The number of aryl methyl sites for hydroxylation is 1. The van der Waals surface area contributed by atoms with E-state index in [4.69, 9.17) is 5.11 Å². The van der Waals surface area contributed by atoms with Gasteiger partial charge in [0.25, 0.3) is 0 Å². The second kappa shape index (κ2) is 5.87. The van der Waals surface area contributed by atoms with Gasteiger partial charge >= 0.3 is 5.97 Å². The van der Waals surface area contributed by atoms with Gasteiger partial charge in [-0.25, -0.2) is 0 Å². The van der Waals surface area contributed by atoms with Gasteiger partial charge in [0.15, 0.2) is 5.82 Å². The fraction of sp³-hybridized carbons (Fsp3) is 0.353. The first-order chi connectivity index (χ1) is 11.0. The van der Waals surface area contributed by atoms with E-state index in [9.17, 15) is 9.59 Å². The molecule has 0 saturated carbocycles. The Morgan fingerprint density at radius 2 is 2.13 bits per heavy atom. The molecule has 1 amide bonds. The Kier molecular flexibility index (Phi) is 3.90. The van der Waals surface area contributed by atoms with Crippen molar-refractivity contribution in [2.75, 3.05) is 5.32 Å². The zero-order valence-corrected chi connectivity index (χ0v) is 13.0. The number of nitrogens with one attached hydrogen (secondary N) is 1. The van der Waals surface area contributed by atoms with E-state index in [-0.39, 0.29) is 12.5 Å². The number of anilines is 1. The summed E-state index contributed by atoms with van der Waals surface area (Å²) in [6.07, 6.45) is 4.28. The first kappa shape index (κ1) is 15.3. The highest BCUT2D eigenvalue weighted by Gasteiger charge is 2.38. The van der Waals surface area contributed by atoms with Gasteiger partial charge in [-0.05, 0) is 37.3 Å². The maximum absolute atomic E-state index is 12.8. The molecule has 1 atom stereocenters. The van der Waals surface area contributed by atoms with Gasteiger partial charge in [-0.2, -0.15) is 5.10 Å². The lowest BCUT2D eigenvalue weighted by atomic mass is 9.70. The number of nitrogens with zero attached hydrogens (tertiary/aromatic N) is 2. The molecule has 0 fully saturated rings. The molecule has 0 aliphatic heterocycles. The highest BCUT2D eigenvalue weighted by atomic mass is 16.4. The van der Waals surface area contributed by atoms with Crippen LogP contribution in [-0.2, 0) is 28.0 Å². The van der Waals surface area contributed by atoms with E-state index >= 15 is 0 Å². The second-order valence-corrected chi connectivity index (χ2v) is 6.09. The summed E-state index contributed by atoms with van der Waals surface area (Å²) >= 11 is 0. The lowest BCUT2D eigenvalue weighted by Gasteiger charge is -2.34. The second-order valence-electron chi connectivity index (χ2n) is 6.09. The summed E-state index contributed by atoms with van der Waals surface area (Å²) in [6, 6.07) is 9.64. The predicted molar refractivity (Wildman–Crippen MR) is 85.2 cm³/mol. The monoisotopic (exact) mass is 313 g/mol. The third-order valence-corrected chi connectivity index (χ3v) is 4.42. The summed E-state index contributed by atoms with van der Waals surface area (Å²) in [5.74, 6) is -0.704. The number of carbonyl (C=O) groups is 2. The number of carbonyl (C=O) groups excluding carboxylic acids is 1. The van der Waals surface area contributed by atoms with Crippen LogP contribution < -0.4 is 5.32 Å². The summed E-state index contributed by atoms with van der Waals surface area (Å²) < 4.78 is 1.29. The number of carboxylic acids is 1. The lowest BCUT2D eigenvalue weighted by Crippen LogP contribution is -2.40. The van der Waals surface area contributed by atoms with Crippen LogP contribution in [0.25, 0.3) is 0 Å². The predicted octanol–water partition coefficient (Wildman–Crippen LogP) is 2.20. The van der Waals surface area contributed by atoms with Gasteiger partial charge in [0.2, 0.25) is 5.91 Å².